The number of rotatable bonds is 7. The lowest BCUT2D eigenvalue weighted by atomic mass is 9.85. The molecule has 18 heavy (non-hydrogen) atoms. The van der Waals surface area contributed by atoms with Gasteiger partial charge in [-0.25, -0.2) is 0 Å². The van der Waals surface area contributed by atoms with Crippen molar-refractivity contribution in [2.24, 2.45) is 5.41 Å². The molecule has 0 aliphatic heterocycles. The van der Waals surface area contributed by atoms with E-state index in [0.717, 1.165) is 0 Å². The van der Waals surface area contributed by atoms with E-state index >= 15 is 0 Å². The fourth-order valence-corrected chi connectivity index (χ4v) is 1.62. The molecule has 104 valence electrons. The Bertz CT molecular complexity index is 326. The van der Waals surface area contributed by atoms with Crippen molar-refractivity contribution in [3.05, 3.63) is 0 Å². The number of carbonyl (C=O) groups is 3. The van der Waals surface area contributed by atoms with Crippen LogP contribution >= 0.6 is 0 Å². The first-order valence-corrected chi connectivity index (χ1v) is 5.92. The standard InChI is InChI=1S/C12H22N2O4/c1-5-14(8-9(15)13-4)10(16)6-12(2,3)7-11(17)18/h5-8H2,1-4H3,(H,13,15)(H,17,18). The van der Waals surface area contributed by atoms with Gasteiger partial charge in [-0.3, -0.25) is 14.4 Å². The summed E-state index contributed by atoms with van der Waals surface area (Å²) >= 11 is 0. The maximum Gasteiger partial charge on any atom is 0.303 e. The number of aliphatic carboxylic acids is 1. The molecule has 6 heteroatoms. The second-order valence-corrected chi connectivity index (χ2v) is 4.99. The van der Waals surface area contributed by atoms with E-state index < -0.39 is 11.4 Å². The van der Waals surface area contributed by atoms with Crippen molar-refractivity contribution >= 4 is 17.8 Å². The Labute approximate surface area is 107 Å². The van der Waals surface area contributed by atoms with Gasteiger partial charge in [0.05, 0.1) is 13.0 Å². The second kappa shape index (κ2) is 6.98. The zero-order valence-electron chi connectivity index (χ0n) is 11.4. The van der Waals surface area contributed by atoms with Gasteiger partial charge in [0, 0.05) is 20.0 Å². The minimum Gasteiger partial charge on any atom is -0.481 e. The lowest BCUT2D eigenvalue weighted by Crippen LogP contribution is -2.41. The fraction of sp³-hybridized carbons (Fsp3) is 0.750. The summed E-state index contributed by atoms with van der Waals surface area (Å²) in [6.45, 7) is 5.68. The van der Waals surface area contributed by atoms with E-state index in [9.17, 15) is 14.4 Å². The molecular weight excluding hydrogens is 236 g/mol. The smallest absolute Gasteiger partial charge is 0.303 e. The van der Waals surface area contributed by atoms with Crippen LogP contribution in [0.15, 0.2) is 0 Å². The molecule has 0 aliphatic carbocycles. The molecule has 0 rings (SSSR count). The zero-order valence-corrected chi connectivity index (χ0v) is 11.4. The van der Waals surface area contributed by atoms with Crippen LogP contribution in [0.5, 0.6) is 0 Å². The third-order valence-electron chi connectivity index (χ3n) is 2.61. The third-order valence-corrected chi connectivity index (χ3v) is 2.61. The molecule has 0 fully saturated rings. The van der Waals surface area contributed by atoms with Crippen molar-refractivity contribution < 1.29 is 19.5 Å². The van der Waals surface area contributed by atoms with Gasteiger partial charge in [0.25, 0.3) is 0 Å². The number of nitrogens with zero attached hydrogens (tertiary/aromatic N) is 1. The molecule has 0 atom stereocenters. The average molecular weight is 258 g/mol. The van der Waals surface area contributed by atoms with Gasteiger partial charge < -0.3 is 15.3 Å². The Hall–Kier alpha value is -1.59. The minimum atomic E-state index is -0.929. The van der Waals surface area contributed by atoms with Gasteiger partial charge in [-0.15, -0.1) is 0 Å². The molecule has 0 bridgehead atoms. The van der Waals surface area contributed by atoms with Gasteiger partial charge in [0.1, 0.15) is 0 Å². The number of hydrogen-bond donors (Lipinski definition) is 2. The van der Waals surface area contributed by atoms with Crippen LogP contribution in [0.2, 0.25) is 0 Å². The van der Waals surface area contributed by atoms with Crippen molar-refractivity contribution in [3.8, 4) is 0 Å². The number of amides is 2. The summed E-state index contributed by atoms with van der Waals surface area (Å²) in [7, 11) is 1.51. The molecule has 0 aliphatic rings. The molecule has 0 aromatic carbocycles. The quantitative estimate of drug-likeness (QED) is 0.695. The predicted octanol–water partition coefficient (Wildman–Crippen LogP) is 0.472. The van der Waals surface area contributed by atoms with Gasteiger partial charge in [-0.2, -0.15) is 0 Å². The van der Waals surface area contributed by atoms with Crippen LogP contribution in [-0.4, -0.2) is 47.9 Å². The summed E-state index contributed by atoms with van der Waals surface area (Å²) in [5, 5.41) is 11.2. The molecule has 2 amide bonds. The summed E-state index contributed by atoms with van der Waals surface area (Å²) in [6.07, 6.45) is 0.0421. The Kier molecular flexibility index (Phi) is 6.36. The van der Waals surface area contributed by atoms with Crippen molar-refractivity contribution in [2.75, 3.05) is 20.1 Å². The molecule has 6 nitrogen and oxygen atoms in total. The second-order valence-electron chi connectivity index (χ2n) is 4.99. The molecule has 0 unspecified atom stereocenters. The van der Waals surface area contributed by atoms with E-state index in [2.05, 4.69) is 5.32 Å². The highest BCUT2D eigenvalue weighted by Gasteiger charge is 2.27. The van der Waals surface area contributed by atoms with E-state index in [1.54, 1.807) is 20.8 Å². The van der Waals surface area contributed by atoms with E-state index in [-0.39, 0.29) is 31.2 Å². The first-order valence-electron chi connectivity index (χ1n) is 5.92. The summed E-state index contributed by atoms with van der Waals surface area (Å²) in [5.74, 6) is -1.37. The van der Waals surface area contributed by atoms with Crippen molar-refractivity contribution in [2.45, 2.75) is 33.6 Å². The molecule has 2 N–H and O–H groups in total. The molecule has 0 aromatic heterocycles. The van der Waals surface area contributed by atoms with Crippen LogP contribution in [0.4, 0.5) is 0 Å². The van der Waals surface area contributed by atoms with Gasteiger partial charge in [-0.1, -0.05) is 13.8 Å². The van der Waals surface area contributed by atoms with Crippen LogP contribution in [0.1, 0.15) is 33.6 Å². The van der Waals surface area contributed by atoms with Crippen LogP contribution in [0.3, 0.4) is 0 Å². The first-order chi connectivity index (χ1) is 8.21. The van der Waals surface area contributed by atoms with E-state index in [4.69, 9.17) is 5.11 Å². The van der Waals surface area contributed by atoms with Crippen LogP contribution in [0, 0.1) is 5.41 Å². The van der Waals surface area contributed by atoms with Gasteiger partial charge >= 0.3 is 5.97 Å². The SMILES string of the molecule is CCN(CC(=O)NC)C(=O)CC(C)(C)CC(=O)O. The van der Waals surface area contributed by atoms with Crippen LogP contribution in [0.25, 0.3) is 0 Å². The molecule has 0 saturated carbocycles. The van der Waals surface area contributed by atoms with Crippen molar-refractivity contribution in [3.63, 3.8) is 0 Å². The lowest BCUT2D eigenvalue weighted by molar-refractivity contribution is -0.142. The summed E-state index contributed by atoms with van der Waals surface area (Å²) in [4.78, 5) is 35.3. The molecule has 0 heterocycles. The topological polar surface area (TPSA) is 86.7 Å². The van der Waals surface area contributed by atoms with Gasteiger partial charge in [0.2, 0.25) is 11.8 Å². The first kappa shape index (κ1) is 16.4. The molecule has 0 aromatic rings. The molecule has 0 radical (unpaired) electrons. The maximum atomic E-state index is 12.0. The highest BCUT2D eigenvalue weighted by molar-refractivity contribution is 5.85. The van der Waals surface area contributed by atoms with Crippen LogP contribution < -0.4 is 5.32 Å². The highest BCUT2D eigenvalue weighted by atomic mass is 16.4. The maximum absolute atomic E-state index is 12.0. The predicted molar refractivity (Wildman–Crippen MR) is 67.0 cm³/mol. The Balaban J connectivity index is 4.52. The normalized spacial score (nSPS) is 10.9. The van der Waals surface area contributed by atoms with Crippen molar-refractivity contribution in [1.82, 2.24) is 10.2 Å². The highest BCUT2D eigenvalue weighted by Crippen LogP contribution is 2.25. The minimum absolute atomic E-state index is 0.00891. The van der Waals surface area contributed by atoms with Gasteiger partial charge in [0.15, 0.2) is 0 Å². The Morgan fingerprint density at radius 1 is 1.22 bits per heavy atom. The average Bonchev–Trinajstić information content (AvgIpc) is 2.22. The number of hydrogen-bond acceptors (Lipinski definition) is 3. The monoisotopic (exact) mass is 258 g/mol. The summed E-state index contributed by atoms with van der Waals surface area (Å²) in [5.41, 5.74) is -0.612. The third kappa shape index (κ3) is 6.22. The Morgan fingerprint density at radius 2 is 1.78 bits per heavy atom. The van der Waals surface area contributed by atoms with Gasteiger partial charge in [-0.05, 0) is 12.3 Å². The van der Waals surface area contributed by atoms with E-state index in [1.165, 1.54) is 11.9 Å². The largest absolute Gasteiger partial charge is 0.481 e. The zero-order chi connectivity index (χ0) is 14.3. The molecular formula is C12H22N2O4. The fourth-order valence-electron chi connectivity index (χ4n) is 1.62. The van der Waals surface area contributed by atoms with E-state index in [1.807, 2.05) is 0 Å². The lowest BCUT2D eigenvalue weighted by Gasteiger charge is -2.26. The molecule has 0 spiro atoms. The number of carboxylic acid groups (broad SMARTS) is 1. The van der Waals surface area contributed by atoms with E-state index in [0.29, 0.717) is 6.54 Å². The van der Waals surface area contributed by atoms with Crippen molar-refractivity contribution in [1.29, 1.82) is 0 Å². The molecule has 0 saturated heterocycles. The van der Waals surface area contributed by atoms with Crippen LogP contribution in [-0.2, 0) is 14.4 Å². The number of carbonyl (C=O) groups excluding carboxylic acids is 2. The number of carboxylic acids is 1. The number of nitrogens with one attached hydrogen (secondary N) is 1. The summed E-state index contributed by atoms with van der Waals surface area (Å²) < 4.78 is 0. The number of likely N-dealkylation sites (N-methyl/N-ethyl adjacent to an activating group) is 2. The Morgan fingerprint density at radius 3 is 2.17 bits per heavy atom. The summed E-state index contributed by atoms with van der Waals surface area (Å²) in [6, 6.07) is 0.